The molecule has 2 N–H and O–H groups in total. The second kappa shape index (κ2) is 12.0. The van der Waals surface area contributed by atoms with Crippen LogP contribution in [0.4, 0.5) is 0 Å². The molecule has 0 saturated carbocycles. The second-order valence-electron chi connectivity index (χ2n) is 6.93. The van der Waals surface area contributed by atoms with Gasteiger partial charge in [-0.05, 0) is 39.0 Å². The van der Waals surface area contributed by atoms with Crippen molar-refractivity contribution in [2.75, 3.05) is 13.6 Å². The SMILES string of the molecule is CN=C(NCCC(=O)OC(C)C)NC(C)CCC(C)(C)C.I. The standard InChI is InChI=1S/C16H33N3O2.HI/c1-12(2)21-14(20)9-11-18-15(17-7)19-13(3)8-10-16(4,5)6;/h12-13H,8-11H2,1-7H3,(H2,17,18,19);1H. The highest BCUT2D eigenvalue weighted by Crippen LogP contribution is 2.21. The van der Waals surface area contributed by atoms with Crippen LogP contribution in [0.25, 0.3) is 0 Å². The van der Waals surface area contributed by atoms with Crippen LogP contribution in [-0.2, 0) is 9.53 Å². The number of ether oxygens (including phenoxy) is 1. The predicted octanol–water partition coefficient (Wildman–Crippen LogP) is 3.33. The zero-order chi connectivity index (χ0) is 16.5. The number of nitrogens with zero attached hydrogens (tertiary/aromatic N) is 1. The number of rotatable bonds is 7. The van der Waals surface area contributed by atoms with Crippen LogP contribution in [0.15, 0.2) is 4.99 Å². The highest BCUT2D eigenvalue weighted by Gasteiger charge is 2.13. The van der Waals surface area contributed by atoms with Gasteiger partial charge in [-0.15, -0.1) is 24.0 Å². The second-order valence-corrected chi connectivity index (χ2v) is 6.93. The van der Waals surface area contributed by atoms with E-state index in [2.05, 4.69) is 43.3 Å². The zero-order valence-corrected chi connectivity index (χ0v) is 17.5. The van der Waals surface area contributed by atoms with Gasteiger partial charge in [-0.2, -0.15) is 0 Å². The van der Waals surface area contributed by atoms with Gasteiger partial charge in [0.05, 0.1) is 12.5 Å². The molecular weight excluding hydrogens is 393 g/mol. The van der Waals surface area contributed by atoms with Gasteiger partial charge in [0.2, 0.25) is 0 Å². The van der Waals surface area contributed by atoms with Gasteiger partial charge in [-0.25, -0.2) is 0 Å². The van der Waals surface area contributed by atoms with E-state index in [-0.39, 0.29) is 36.0 Å². The van der Waals surface area contributed by atoms with E-state index in [1.54, 1.807) is 7.05 Å². The molecule has 0 rings (SSSR count). The van der Waals surface area contributed by atoms with E-state index in [1.807, 2.05) is 13.8 Å². The van der Waals surface area contributed by atoms with E-state index in [4.69, 9.17) is 4.74 Å². The number of hydrogen-bond acceptors (Lipinski definition) is 3. The Kier molecular flexibility index (Phi) is 12.9. The highest BCUT2D eigenvalue weighted by atomic mass is 127. The van der Waals surface area contributed by atoms with Crippen molar-refractivity contribution in [2.24, 2.45) is 10.4 Å². The molecule has 1 unspecified atom stereocenters. The fourth-order valence-electron chi connectivity index (χ4n) is 1.75. The zero-order valence-electron chi connectivity index (χ0n) is 15.2. The summed E-state index contributed by atoms with van der Waals surface area (Å²) in [6.45, 7) is 13.1. The van der Waals surface area contributed by atoms with Gasteiger partial charge in [0.25, 0.3) is 0 Å². The lowest BCUT2D eigenvalue weighted by Crippen LogP contribution is -2.43. The van der Waals surface area contributed by atoms with Crippen molar-refractivity contribution in [1.29, 1.82) is 0 Å². The Bertz CT molecular complexity index is 339. The van der Waals surface area contributed by atoms with Crippen LogP contribution < -0.4 is 10.6 Å². The molecule has 0 aliphatic heterocycles. The molecular formula is C16H34IN3O2. The van der Waals surface area contributed by atoms with Gasteiger partial charge >= 0.3 is 5.97 Å². The number of aliphatic imine (C=N–C) groups is 1. The first-order valence-electron chi connectivity index (χ1n) is 7.80. The fourth-order valence-corrected chi connectivity index (χ4v) is 1.75. The number of guanidine groups is 1. The van der Waals surface area contributed by atoms with Gasteiger partial charge in [-0.3, -0.25) is 9.79 Å². The lowest BCUT2D eigenvalue weighted by Gasteiger charge is -2.23. The Morgan fingerprint density at radius 3 is 2.27 bits per heavy atom. The topological polar surface area (TPSA) is 62.7 Å². The molecule has 0 aromatic rings. The van der Waals surface area contributed by atoms with Crippen molar-refractivity contribution < 1.29 is 9.53 Å². The summed E-state index contributed by atoms with van der Waals surface area (Å²) in [5.74, 6) is 0.544. The van der Waals surface area contributed by atoms with Crippen LogP contribution in [0.3, 0.4) is 0 Å². The molecule has 0 spiro atoms. The van der Waals surface area contributed by atoms with Gasteiger partial charge in [0, 0.05) is 19.6 Å². The molecule has 0 amide bonds. The van der Waals surface area contributed by atoms with E-state index in [1.165, 1.54) is 0 Å². The Morgan fingerprint density at radius 1 is 1.23 bits per heavy atom. The van der Waals surface area contributed by atoms with Crippen LogP contribution in [0.5, 0.6) is 0 Å². The molecule has 0 aromatic heterocycles. The van der Waals surface area contributed by atoms with Crippen LogP contribution in [0.2, 0.25) is 0 Å². The summed E-state index contributed by atoms with van der Waals surface area (Å²) in [5, 5.41) is 6.48. The molecule has 0 aromatic carbocycles. The quantitative estimate of drug-likeness (QED) is 0.283. The third-order valence-corrected chi connectivity index (χ3v) is 2.92. The Labute approximate surface area is 153 Å². The highest BCUT2D eigenvalue weighted by molar-refractivity contribution is 14.0. The number of hydrogen-bond donors (Lipinski definition) is 2. The third-order valence-electron chi connectivity index (χ3n) is 2.92. The molecule has 0 aliphatic carbocycles. The summed E-state index contributed by atoms with van der Waals surface area (Å²) in [7, 11) is 1.73. The summed E-state index contributed by atoms with van der Waals surface area (Å²) >= 11 is 0. The Balaban J connectivity index is 0. The van der Waals surface area contributed by atoms with Crippen molar-refractivity contribution in [3.8, 4) is 0 Å². The fraction of sp³-hybridized carbons (Fsp3) is 0.875. The maximum absolute atomic E-state index is 11.4. The monoisotopic (exact) mass is 427 g/mol. The molecule has 22 heavy (non-hydrogen) atoms. The minimum atomic E-state index is -0.186. The molecule has 5 nitrogen and oxygen atoms in total. The average Bonchev–Trinajstić information content (AvgIpc) is 2.33. The van der Waals surface area contributed by atoms with Gasteiger partial charge in [0.15, 0.2) is 5.96 Å². The Hall–Kier alpha value is -0.530. The number of carbonyl (C=O) groups excluding carboxylic acids is 1. The molecule has 6 heteroatoms. The molecule has 0 aliphatic rings. The molecule has 132 valence electrons. The van der Waals surface area contributed by atoms with E-state index in [0.717, 1.165) is 18.8 Å². The molecule has 0 radical (unpaired) electrons. The van der Waals surface area contributed by atoms with Crippen molar-refractivity contribution in [3.05, 3.63) is 0 Å². The molecule has 0 saturated heterocycles. The molecule has 0 fully saturated rings. The third kappa shape index (κ3) is 14.4. The smallest absolute Gasteiger partial charge is 0.307 e. The Morgan fingerprint density at radius 2 is 1.82 bits per heavy atom. The minimum absolute atomic E-state index is 0. The summed E-state index contributed by atoms with van der Waals surface area (Å²) in [6, 6.07) is 0.345. The number of halogens is 1. The van der Waals surface area contributed by atoms with Crippen molar-refractivity contribution >= 4 is 35.9 Å². The van der Waals surface area contributed by atoms with Crippen molar-refractivity contribution in [3.63, 3.8) is 0 Å². The molecule has 0 bridgehead atoms. The van der Waals surface area contributed by atoms with Crippen LogP contribution >= 0.6 is 24.0 Å². The van der Waals surface area contributed by atoms with Crippen LogP contribution in [-0.4, -0.2) is 37.7 Å². The summed E-state index contributed by atoms with van der Waals surface area (Å²) in [6.07, 6.45) is 2.51. The first-order valence-corrected chi connectivity index (χ1v) is 7.80. The first kappa shape index (κ1) is 23.7. The van der Waals surface area contributed by atoms with E-state index < -0.39 is 0 Å². The van der Waals surface area contributed by atoms with Gasteiger partial charge in [-0.1, -0.05) is 20.8 Å². The lowest BCUT2D eigenvalue weighted by molar-refractivity contribution is -0.147. The average molecular weight is 427 g/mol. The normalized spacial score (nSPS) is 13.4. The van der Waals surface area contributed by atoms with Crippen LogP contribution in [0, 0.1) is 5.41 Å². The summed E-state index contributed by atoms with van der Waals surface area (Å²) < 4.78 is 5.08. The summed E-state index contributed by atoms with van der Waals surface area (Å²) in [5.41, 5.74) is 0.341. The number of carbonyl (C=O) groups is 1. The lowest BCUT2D eigenvalue weighted by atomic mass is 9.89. The minimum Gasteiger partial charge on any atom is -0.463 e. The van der Waals surface area contributed by atoms with Crippen molar-refractivity contribution in [1.82, 2.24) is 10.6 Å². The largest absolute Gasteiger partial charge is 0.463 e. The van der Waals surface area contributed by atoms with Crippen LogP contribution in [0.1, 0.15) is 60.8 Å². The first-order chi connectivity index (χ1) is 9.64. The number of esters is 1. The van der Waals surface area contributed by atoms with E-state index in [9.17, 15) is 4.79 Å². The number of nitrogens with one attached hydrogen (secondary N) is 2. The maximum atomic E-state index is 11.4. The predicted molar refractivity (Wildman–Crippen MR) is 104 cm³/mol. The molecule has 1 atom stereocenters. The molecule has 0 heterocycles. The van der Waals surface area contributed by atoms with Crippen molar-refractivity contribution in [2.45, 2.75) is 73.0 Å². The van der Waals surface area contributed by atoms with E-state index in [0.29, 0.717) is 24.4 Å². The maximum Gasteiger partial charge on any atom is 0.307 e. The summed E-state index contributed by atoms with van der Waals surface area (Å²) in [4.78, 5) is 15.6. The van der Waals surface area contributed by atoms with E-state index >= 15 is 0 Å². The van der Waals surface area contributed by atoms with Gasteiger partial charge in [0.1, 0.15) is 0 Å². The van der Waals surface area contributed by atoms with Gasteiger partial charge < -0.3 is 15.4 Å².